The van der Waals surface area contributed by atoms with E-state index in [1.807, 2.05) is 18.2 Å². The molecule has 0 unspecified atom stereocenters. The molecule has 2 heterocycles. The summed E-state index contributed by atoms with van der Waals surface area (Å²) in [6.45, 7) is 5.78. The number of ether oxygens (including phenoxy) is 1. The van der Waals surface area contributed by atoms with Crippen LogP contribution >= 0.6 is 11.3 Å². The van der Waals surface area contributed by atoms with Gasteiger partial charge in [-0.05, 0) is 6.42 Å². The van der Waals surface area contributed by atoms with Gasteiger partial charge in [0.1, 0.15) is 0 Å². The average molecular weight is 359 g/mol. The van der Waals surface area contributed by atoms with Crippen molar-refractivity contribution in [2.45, 2.75) is 25.8 Å². The lowest BCUT2D eigenvalue weighted by atomic mass is 10.1. The molecule has 0 bridgehead atoms. The van der Waals surface area contributed by atoms with Crippen LogP contribution in [0.3, 0.4) is 0 Å². The van der Waals surface area contributed by atoms with E-state index in [4.69, 9.17) is 4.74 Å². The molecule has 0 saturated carbocycles. The van der Waals surface area contributed by atoms with Crippen molar-refractivity contribution in [1.82, 2.24) is 15.2 Å². The number of carbonyl (C=O) groups excluding carboxylic acids is 1. The molecule has 1 aromatic carbocycles. The van der Waals surface area contributed by atoms with Gasteiger partial charge in [0.05, 0.1) is 30.0 Å². The van der Waals surface area contributed by atoms with Gasteiger partial charge in [-0.15, -0.1) is 11.3 Å². The number of aromatic nitrogens is 1. The van der Waals surface area contributed by atoms with Gasteiger partial charge in [0.2, 0.25) is 5.91 Å². The molecule has 1 saturated heterocycles. The number of thiazole rings is 1. The van der Waals surface area contributed by atoms with Crippen molar-refractivity contribution in [3.05, 3.63) is 40.7 Å². The van der Waals surface area contributed by atoms with Crippen molar-refractivity contribution in [1.29, 1.82) is 0 Å². The molecule has 1 aliphatic heterocycles. The lowest BCUT2D eigenvalue weighted by Crippen LogP contribution is -2.51. The smallest absolute Gasteiger partial charge is 0.237 e. The lowest BCUT2D eigenvalue weighted by molar-refractivity contribution is -0.128. The maximum Gasteiger partial charge on any atom is 0.237 e. The first-order valence-corrected chi connectivity index (χ1v) is 9.75. The molecule has 0 aliphatic carbocycles. The number of nitrogens with one attached hydrogen (secondary N) is 1. The first-order chi connectivity index (χ1) is 12.3. The maximum absolute atomic E-state index is 12.5. The maximum atomic E-state index is 12.5. The van der Waals surface area contributed by atoms with Gasteiger partial charge >= 0.3 is 0 Å². The second-order valence-electron chi connectivity index (χ2n) is 6.11. The summed E-state index contributed by atoms with van der Waals surface area (Å²) in [5, 5.41) is 6.21. The highest BCUT2D eigenvalue weighted by Gasteiger charge is 2.25. The fourth-order valence-corrected chi connectivity index (χ4v) is 3.88. The number of carbonyl (C=O) groups is 1. The van der Waals surface area contributed by atoms with Crippen molar-refractivity contribution in [3.8, 4) is 11.3 Å². The van der Waals surface area contributed by atoms with E-state index in [9.17, 15) is 4.79 Å². The normalized spacial score (nSPS) is 16.5. The summed E-state index contributed by atoms with van der Waals surface area (Å²) in [4.78, 5) is 19.4. The molecule has 6 heteroatoms. The summed E-state index contributed by atoms with van der Waals surface area (Å²) in [5.41, 5.74) is 2.14. The van der Waals surface area contributed by atoms with Crippen molar-refractivity contribution in [2.24, 2.45) is 0 Å². The van der Waals surface area contributed by atoms with Gasteiger partial charge < -0.3 is 10.1 Å². The van der Waals surface area contributed by atoms with E-state index in [1.165, 1.54) is 0 Å². The molecule has 1 fully saturated rings. The molecule has 1 amide bonds. The summed E-state index contributed by atoms with van der Waals surface area (Å²) in [6, 6.07) is 10.1. The second-order valence-corrected chi connectivity index (χ2v) is 7.05. The second kappa shape index (κ2) is 9.08. The van der Waals surface area contributed by atoms with Crippen LogP contribution in [0, 0.1) is 0 Å². The van der Waals surface area contributed by atoms with E-state index < -0.39 is 0 Å². The molecule has 1 aliphatic rings. The Bertz CT molecular complexity index is 668. The number of hydrogen-bond donors (Lipinski definition) is 1. The SMILES string of the molecule is CC[C@H](C(=O)NCCc1nc(-c2ccccc2)cs1)N1CCOCC1. The van der Waals surface area contributed by atoms with Crippen LogP contribution < -0.4 is 5.32 Å². The van der Waals surface area contributed by atoms with Crippen molar-refractivity contribution >= 4 is 17.2 Å². The zero-order valence-corrected chi connectivity index (χ0v) is 15.4. The number of morpholine rings is 1. The Hall–Kier alpha value is -1.76. The van der Waals surface area contributed by atoms with E-state index in [-0.39, 0.29) is 11.9 Å². The van der Waals surface area contributed by atoms with E-state index in [2.05, 4.69) is 39.6 Å². The third kappa shape index (κ3) is 4.87. The first kappa shape index (κ1) is 18.0. The van der Waals surface area contributed by atoms with E-state index in [0.717, 1.165) is 42.2 Å². The van der Waals surface area contributed by atoms with E-state index in [1.54, 1.807) is 11.3 Å². The fourth-order valence-electron chi connectivity index (χ4n) is 3.08. The zero-order chi connectivity index (χ0) is 17.5. The molecule has 2 aromatic rings. The number of rotatable bonds is 7. The highest BCUT2D eigenvalue weighted by atomic mass is 32.1. The standard InChI is InChI=1S/C19H25N3O2S/c1-2-17(22-10-12-24-13-11-22)19(23)20-9-8-18-21-16(14-25-18)15-6-4-3-5-7-15/h3-7,14,17H,2,8-13H2,1H3,(H,20,23)/t17-/m1/s1. The molecule has 5 nitrogen and oxygen atoms in total. The Kier molecular flexibility index (Phi) is 6.55. The Morgan fingerprint density at radius 3 is 2.80 bits per heavy atom. The Morgan fingerprint density at radius 1 is 1.32 bits per heavy atom. The molecule has 1 N–H and O–H groups in total. The van der Waals surface area contributed by atoms with Crippen LogP contribution in [0.1, 0.15) is 18.4 Å². The molecule has 134 valence electrons. The Morgan fingerprint density at radius 2 is 2.08 bits per heavy atom. The fraction of sp³-hybridized carbons (Fsp3) is 0.474. The van der Waals surface area contributed by atoms with Gasteiger partial charge in [-0.25, -0.2) is 4.98 Å². The van der Waals surface area contributed by atoms with Crippen molar-refractivity contribution in [3.63, 3.8) is 0 Å². The lowest BCUT2D eigenvalue weighted by Gasteiger charge is -2.32. The summed E-state index contributed by atoms with van der Waals surface area (Å²) in [5.74, 6) is 0.115. The summed E-state index contributed by atoms with van der Waals surface area (Å²) in [6.07, 6.45) is 1.59. The summed E-state index contributed by atoms with van der Waals surface area (Å²) in [7, 11) is 0. The topological polar surface area (TPSA) is 54.5 Å². The predicted molar refractivity (Wildman–Crippen MR) is 101 cm³/mol. The van der Waals surface area contributed by atoms with E-state index in [0.29, 0.717) is 19.8 Å². The van der Waals surface area contributed by atoms with Crippen LogP contribution in [-0.2, 0) is 16.0 Å². The number of nitrogens with zero attached hydrogens (tertiary/aromatic N) is 2. The van der Waals surface area contributed by atoms with Gasteiger partial charge in [-0.2, -0.15) is 0 Å². The minimum absolute atomic E-state index is 0.0555. The molecular weight excluding hydrogens is 334 g/mol. The summed E-state index contributed by atoms with van der Waals surface area (Å²) >= 11 is 1.65. The largest absolute Gasteiger partial charge is 0.379 e. The van der Waals surface area contributed by atoms with Crippen LogP contribution in [0.4, 0.5) is 0 Å². The highest BCUT2D eigenvalue weighted by molar-refractivity contribution is 7.09. The first-order valence-electron chi connectivity index (χ1n) is 8.87. The van der Waals surface area contributed by atoms with Gasteiger partial charge in [0.15, 0.2) is 0 Å². The molecule has 3 rings (SSSR count). The predicted octanol–water partition coefficient (Wildman–Crippen LogP) is 2.58. The molecule has 0 radical (unpaired) electrons. The Labute approximate surface area is 153 Å². The molecular formula is C19H25N3O2S. The van der Waals surface area contributed by atoms with Gasteiger partial charge in [0.25, 0.3) is 0 Å². The van der Waals surface area contributed by atoms with Gasteiger partial charge in [0, 0.05) is 37.0 Å². The van der Waals surface area contributed by atoms with Crippen LogP contribution in [0.5, 0.6) is 0 Å². The third-order valence-electron chi connectivity index (χ3n) is 4.44. The van der Waals surface area contributed by atoms with Gasteiger partial charge in [-0.1, -0.05) is 37.3 Å². The summed E-state index contributed by atoms with van der Waals surface area (Å²) < 4.78 is 5.37. The zero-order valence-electron chi connectivity index (χ0n) is 14.6. The van der Waals surface area contributed by atoms with Crippen LogP contribution in [0.15, 0.2) is 35.7 Å². The van der Waals surface area contributed by atoms with E-state index >= 15 is 0 Å². The van der Waals surface area contributed by atoms with Crippen molar-refractivity contribution in [2.75, 3.05) is 32.8 Å². The van der Waals surface area contributed by atoms with Crippen LogP contribution in [0.25, 0.3) is 11.3 Å². The minimum atomic E-state index is -0.0555. The highest BCUT2D eigenvalue weighted by Crippen LogP contribution is 2.21. The quantitative estimate of drug-likeness (QED) is 0.826. The molecule has 1 aromatic heterocycles. The van der Waals surface area contributed by atoms with Crippen LogP contribution in [0.2, 0.25) is 0 Å². The average Bonchev–Trinajstić information content (AvgIpc) is 3.13. The minimum Gasteiger partial charge on any atom is -0.379 e. The third-order valence-corrected chi connectivity index (χ3v) is 5.34. The molecule has 1 atom stereocenters. The van der Waals surface area contributed by atoms with Crippen LogP contribution in [-0.4, -0.2) is 54.7 Å². The molecule has 25 heavy (non-hydrogen) atoms. The van der Waals surface area contributed by atoms with Gasteiger partial charge in [-0.3, -0.25) is 9.69 Å². The Balaban J connectivity index is 1.49. The number of amides is 1. The molecule has 0 spiro atoms. The number of benzene rings is 1. The number of hydrogen-bond acceptors (Lipinski definition) is 5. The monoisotopic (exact) mass is 359 g/mol. The van der Waals surface area contributed by atoms with Crippen molar-refractivity contribution < 1.29 is 9.53 Å².